The molecule has 0 bridgehead atoms. The molecule has 0 N–H and O–H groups in total. The number of hydrogen-bond acceptors (Lipinski definition) is 4. The Morgan fingerprint density at radius 2 is 2.32 bits per heavy atom. The molecule has 1 heterocycles. The maximum atomic E-state index is 11.7. The lowest BCUT2D eigenvalue weighted by molar-refractivity contribution is -0.126. The molecule has 100 valence electrons. The fraction of sp³-hybridized carbons (Fsp3) is 0.286. The first-order chi connectivity index (χ1) is 9.20. The molecule has 0 saturated heterocycles. The van der Waals surface area contributed by atoms with Crippen molar-refractivity contribution in [3.8, 4) is 0 Å². The molecule has 0 fully saturated rings. The molecule has 0 saturated carbocycles. The molecule has 0 radical (unpaired) electrons. The number of benzene rings is 1. The van der Waals surface area contributed by atoms with Crippen molar-refractivity contribution in [1.82, 2.24) is 4.90 Å². The number of carbonyl (C=O) groups is 2. The number of rotatable bonds is 4. The Balaban J connectivity index is 2.10. The first kappa shape index (κ1) is 13.7. The third-order valence-electron chi connectivity index (χ3n) is 2.66. The fourth-order valence-electron chi connectivity index (χ4n) is 1.75. The van der Waals surface area contributed by atoms with E-state index in [0.29, 0.717) is 24.5 Å². The summed E-state index contributed by atoms with van der Waals surface area (Å²) in [4.78, 5) is 25.0. The second kappa shape index (κ2) is 6.43. The van der Waals surface area contributed by atoms with E-state index in [4.69, 9.17) is 4.74 Å². The smallest absolute Gasteiger partial charge is 0.338 e. The zero-order valence-electron chi connectivity index (χ0n) is 10.7. The molecule has 4 nitrogen and oxygen atoms in total. The zero-order chi connectivity index (χ0) is 13.7. The second-order valence-corrected chi connectivity index (χ2v) is 4.93. The van der Waals surface area contributed by atoms with Crippen LogP contribution in [-0.2, 0) is 16.1 Å². The van der Waals surface area contributed by atoms with Gasteiger partial charge in [-0.1, -0.05) is 12.1 Å². The van der Waals surface area contributed by atoms with Gasteiger partial charge in [0, 0.05) is 6.20 Å². The summed E-state index contributed by atoms with van der Waals surface area (Å²) in [5, 5.41) is 1.90. The Labute approximate surface area is 116 Å². The third kappa shape index (κ3) is 3.61. The van der Waals surface area contributed by atoms with Gasteiger partial charge in [0.1, 0.15) is 0 Å². The van der Waals surface area contributed by atoms with E-state index in [-0.39, 0.29) is 11.9 Å². The van der Waals surface area contributed by atoms with Gasteiger partial charge in [0.15, 0.2) is 0 Å². The minimum Gasteiger partial charge on any atom is -0.462 e. The van der Waals surface area contributed by atoms with Crippen molar-refractivity contribution in [3.05, 3.63) is 47.0 Å². The molecule has 1 aromatic carbocycles. The van der Waals surface area contributed by atoms with Gasteiger partial charge in [-0.15, -0.1) is 11.8 Å². The van der Waals surface area contributed by atoms with Gasteiger partial charge in [-0.2, -0.15) is 0 Å². The van der Waals surface area contributed by atoms with Crippen molar-refractivity contribution in [2.45, 2.75) is 13.5 Å². The van der Waals surface area contributed by atoms with Crippen LogP contribution >= 0.6 is 11.8 Å². The Bertz CT molecular complexity index is 513. The minimum absolute atomic E-state index is 0.0778. The highest BCUT2D eigenvalue weighted by Crippen LogP contribution is 2.16. The van der Waals surface area contributed by atoms with Gasteiger partial charge in [-0.3, -0.25) is 4.79 Å². The lowest BCUT2D eigenvalue weighted by Crippen LogP contribution is -2.28. The van der Waals surface area contributed by atoms with Crippen molar-refractivity contribution in [1.29, 1.82) is 0 Å². The standard InChI is InChI=1S/C14H15NO3S/c1-2-18-14(17)12-5-3-4-11(8-12)9-15-6-7-19-10-13(15)16/h3-8H,2,9-10H2,1H3. The van der Waals surface area contributed by atoms with Crippen LogP contribution in [0.2, 0.25) is 0 Å². The number of carbonyl (C=O) groups excluding carboxylic acids is 2. The minimum atomic E-state index is -0.333. The predicted octanol–water partition coefficient (Wildman–Crippen LogP) is 2.41. The van der Waals surface area contributed by atoms with Gasteiger partial charge >= 0.3 is 5.97 Å². The summed E-state index contributed by atoms with van der Waals surface area (Å²) < 4.78 is 4.96. The SMILES string of the molecule is CCOC(=O)c1cccc(CN2C=CSCC2=O)c1. The first-order valence-electron chi connectivity index (χ1n) is 6.04. The summed E-state index contributed by atoms with van der Waals surface area (Å²) in [5.41, 5.74) is 1.43. The normalized spacial score (nSPS) is 14.6. The summed E-state index contributed by atoms with van der Waals surface area (Å²) in [6.45, 7) is 2.60. The molecule has 1 aromatic rings. The number of ether oxygens (including phenoxy) is 1. The lowest BCUT2D eigenvalue weighted by Gasteiger charge is -2.21. The Morgan fingerprint density at radius 1 is 1.47 bits per heavy atom. The van der Waals surface area contributed by atoms with Crippen LogP contribution in [0.5, 0.6) is 0 Å². The molecule has 1 aliphatic heterocycles. The van der Waals surface area contributed by atoms with Gasteiger partial charge in [0.25, 0.3) is 0 Å². The number of nitrogens with zero attached hydrogens (tertiary/aromatic N) is 1. The second-order valence-electron chi connectivity index (χ2n) is 4.04. The van der Waals surface area contributed by atoms with Gasteiger partial charge in [0.05, 0.1) is 24.5 Å². The van der Waals surface area contributed by atoms with Crippen molar-refractivity contribution >= 4 is 23.6 Å². The van der Waals surface area contributed by atoms with E-state index in [1.54, 1.807) is 36.2 Å². The quantitative estimate of drug-likeness (QED) is 0.793. The highest BCUT2D eigenvalue weighted by molar-refractivity contribution is 8.02. The molecule has 0 aliphatic carbocycles. The molecule has 1 aliphatic rings. The van der Waals surface area contributed by atoms with Gasteiger partial charge < -0.3 is 9.64 Å². The molecule has 0 unspecified atom stereocenters. The molecule has 2 rings (SSSR count). The summed E-state index contributed by atoms with van der Waals surface area (Å²) >= 11 is 1.49. The van der Waals surface area contributed by atoms with E-state index >= 15 is 0 Å². The Morgan fingerprint density at radius 3 is 3.05 bits per heavy atom. The van der Waals surface area contributed by atoms with Gasteiger partial charge in [0.2, 0.25) is 5.91 Å². The summed E-state index contributed by atoms with van der Waals surface area (Å²) in [7, 11) is 0. The van der Waals surface area contributed by atoms with Crippen molar-refractivity contribution in [2.24, 2.45) is 0 Å². The maximum absolute atomic E-state index is 11.7. The number of thioether (sulfide) groups is 1. The zero-order valence-corrected chi connectivity index (χ0v) is 11.5. The molecule has 1 amide bonds. The molecular weight excluding hydrogens is 262 g/mol. The third-order valence-corrected chi connectivity index (χ3v) is 3.38. The Kier molecular flexibility index (Phi) is 4.63. The highest BCUT2D eigenvalue weighted by atomic mass is 32.2. The molecule has 0 spiro atoms. The molecule has 5 heteroatoms. The van der Waals surface area contributed by atoms with Crippen molar-refractivity contribution in [2.75, 3.05) is 12.4 Å². The maximum Gasteiger partial charge on any atom is 0.338 e. The topological polar surface area (TPSA) is 46.6 Å². The lowest BCUT2D eigenvalue weighted by atomic mass is 10.1. The van der Waals surface area contributed by atoms with Gasteiger partial charge in [-0.25, -0.2) is 4.79 Å². The van der Waals surface area contributed by atoms with Crippen molar-refractivity contribution < 1.29 is 14.3 Å². The molecule has 0 atom stereocenters. The molecular formula is C14H15NO3S. The van der Waals surface area contributed by atoms with E-state index in [9.17, 15) is 9.59 Å². The fourth-order valence-corrected chi connectivity index (χ4v) is 2.39. The molecule has 19 heavy (non-hydrogen) atoms. The van der Waals surface area contributed by atoms with Crippen molar-refractivity contribution in [3.63, 3.8) is 0 Å². The molecule has 0 aromatic heterocycles. The van der Waals surface area contributed by atoms with E-state index in [2.05, 4.69) is 0 Å². The van der Waals surface area contributed by atoms with Crippen LogP contribution in [0.1, 0.15) is 22.8 Å². The summed E-state index contributed by atoms with van der Waals surface area (Å²) in [6, 6.07) is 7.17. The van der Waals surface area contributed by atoms with Crippen LogP contribution in [-0.4, -0.2) is 29.1 Å². The predicted molar refractivity (Wildman–Crippen MR) is 74.5 cm³/mol. The van der Waals surface area contributed by atoms with Crippen LogP contribution in [0.15, 0.2) is 35.9 Å². The largest absolute Gasteiger partial charge is 0.462 e. The van der Waals surface area contributed by atoms with E-state index in [0.717, 1.165) is 5.56 Å². The van der Waals surface area contributed by atoms with E-state index in [1.807, 2.05) is 11.5 Å². The number of amides is 1. The van der Waals surface area contributed by atoms with Crippen LogP contribution in [0.4, 0.5) is 0 Å². The highest BCUT2D eigenvalue weighted by Gasteiger charge is 2.15. The van der Waals surface area contributed by atoms with Crippen LogP contribution < -0.4 is 0 Å². The van der Waals surface area contributed by atoms with E-state index < -0.39 is 0 Å². The number of esters is 1. The first-order valence-corrected chi connectivity index (χ1v) is 7.09. The van der Waals surface area contributed by atoms with Gasteiger partial charge in [-0.05, 0) is 30.0 Å². The summed E-state index contributed by atoms with van der Waals surface area (Å²) in [6.07, 6.45) is 1.77. The number of hydrogen-bond donors (Lipinski definition) is 0. The van der Waals surface area contributed by atoms with Crippen LogP contribution in [0, 0.1) is 0 Å². The van der Waals surface area contributed by atoms with Crippen LogP contribution in [0.25, 0.3) is 0 Å². The average molecular weight is 277 g/mol. The Hall–Kier alpha value is -1.75. The van der Waals surface area contributed by atoms with Crippen LogP contribution in [0.3, 0.4) is 0 Å². The summed E-state index contributed by atoms with van der Waals surface area (Å²) in [5.74, 6) is 0.211. The monoisotopic (exact) mass is 277 g/mol. The van der Waals surface area contributed by atoms with E-state index in [1.165, 1.54) is 11.8 Å². The average Bonchev–Trinajstić information content (AvgIpc) is 2.42.